The van der Waals surface area contributed by atoms with Crippen molar-refractivity contribution in [2.24, 2.45) is 11.8 Å². The van der Waals surface area contributed by atoms with Crippen LogP contribution in [0.2, 0.25) is 18.1 Å². The van der Waals surface area contributed by atoms with Crippen LogP contribution in [0.5, 0.6) is 5.75 Å². The standard InChI is InChI=1S/C24H40O4Si/c1-18(10-11-20(3)25)23(28-29(8,9)24(4,5)6)19(2)16-27-17-21-12-14-22(26-7)15-13-21/h12-15,18-20,23,25H,16-17H2,1-9H3/t18-,19-,20-,23-/m1/s1. The van der Waals surface area contributed by atoms with E-state index in [4.69, 9.17) is 13.9 Å². The number of benzene rings is 1. The van der Waals surface area contributed by atoms with Gasteiger partial charge >= 0.3 is 0 Å². The zero-order valence-corrected chi connectivity index (χ0v) is 20.7. The summed E-state index contributed by atoms with van der Waals surface area (Å²) in [7, 11) is -0.299. The van der Waals surface area contributed by atoms with Crippen LogP contribution in [0.3, 0.4) is 0 Å². The van der Waals surface area contributed by atoms with Gasteiger partial charge in [-0.05, 0) is 49.7 Å². The van der Waals surface area contributed by atoms with Crippen LogP contribution in [0.15, 0.2) is 24.3 Å². The SMILES string of the molecule is COc1ccc(COC[C@@H](C)[C@H](O[Si](C)(C)C(C)(C)C)[C@H](C)C#C[C@@H](C)O)cc1. The third kappa shape index (κ3) is 8.52. The molecule has 0 saturated carbocycles. The summed E-state index contributed by atoms with van der Waals surface area (Å²) in [5, 5.41) is 9.67. The second-order valence-electron chi connectivity index (χ2n) is 9.44. The third-order valence-corrected chi connectivity index (χ3v) is 10.1. The van der Waals surface area contributed by atoms with Crippen molar-refractivity contribution in [2.75, 3.05) is 13.7 Å². The zero-order chi connectivity index (χ0) is 22.2. The second kappa shape index (κ2) is 11.2. The molecular formula is C24H40O4Si. The Balaban J connectivity index is 2.83. The Morgan fingerprint density at radius 2 is 1.62 bits per heavy atom. The summed E-state index contributed by atoms with van der Waals surface area (Å²) >= 11 is 0. The molecule has 0 unspecified atom stereocenters. The van der Waals surface area contributed by atoms with Crippen molar-refractivity contribution in [3.05, 3.63) is 29.8 Å². The number of aliphatic hydroxyl groups excluding tert-OH is 1. The molecule has 0 aromatic heterocycles. The molecule has 0 aliphatic heterocycles. The first kappa shape index (κ1) is 25.7. The molecule has 1 aromatic carbocycles. The van der Waals surface area contributed by atoms with Crippen LogP contribution in [0, 0.1) is 23.7 Å². The highest BCUT2D eigenvalue weighted by Gasteiger charge is 2.41. The lowest BCUT2D eigenvalue weighted by atomic mass is 9.94. The smallest absolute Gasteiger partial charge is 0.192 e. The quantitative estimate of drug-likeness (QED) is 0.437. The molecule has 4 atom stereocenters. The largest absolute Gasteiger partial charge is 0.497 e. The highest BCUT2D eigenvalue weighted by Crippen LogP contribution is 2.39. The molecule has 5 heteroatoms. The Kier molecular flexibility index (Phi) is 9.91. The van der Waals surface area contributed by atoms with Gasteiger partial charge in [0, 0.05) is 11.8 Å². The molecule has 1 N–H and O–H groups in total. The molecule has 0 aliphatic rings. The topological polar surface area (TPSA) is 47.9 Å². The van der Waals surface area contributed by atoms with Gasteiger partial charge in [-0.2, -0.15) is 0 Å². The van der Waals surface area contributed by atoms with E-state index in [-0.39, 0.29) is 23.0 Å². The van der Waals surface area contributed by atoms with E-state index in [0.717, 1.165) is 11.3 Å². The van der Waals surface area contributed by atoms with Crippen molar-refractivity contribution in [1.29, 1.82) is 0 Å². The molecule has 0 fully saturated rings. The number of hydrogen-bond acceptors (Lipinski definition) is 4. The third-order valence-electron chi connectivity index (χ3n) is 5.62. The molecule has 1 rings (SSSR count). The molecule has 29 heavy (non-hydrogen) atoms. The van der Waals surface area contributed by atoms with Crippen molar-refractivity contribution >= 4 is 8.32 Å². The van der Waals surface area contributed by atoms with Crippen molar-refractivity contribution in [3.8, 4) is 17.6 Å². The van der Waals surface area contributed by atoms with Gasteiger partial charge in [-0.1, -0.05) is 51.7 Å². The number of rotatable bonds is 9. The Labute approximate surface area is 179 Å². The average Bonchev–Trinajstić information content (AvgIpc) is 2.63. The lowest BCUT2D eigenvalue weighted by Crippen LogP contribution is -2.47. The van der Waals surface area contributed by atoms with E-state index in [1.54, 1.807) is 14.0 Å². The average molecular weight is 421 g/mol. The normalized spacial score (nSPS) is 16.3. The minimum absolute atomic E-state index is 0.0123. The van der Waals surface area contributed by atoms with Gasteiger partial charge in [0.25, 0.3) is 0 Å². The van der Waals surface area contributed by atoms with Crippen LogP contribution in [0.1, 0.15) is 47.1 Å². The maximum atomic E-state index is 9.55. The highest BCUT2D eigenvalue weighted by molar-refractivity contribution is 6.74. The molecule has 0 amide bonds. The van der Waals surface area contributed by atoms with E-state index in [0.29, 0.717) is 13.2 Å². The minimum atomic E-state index is -1.96. The fourth-order valence-corrected chi connectivity index (χ4v) is 4.21. The van der Waals surface area contributed by atoms with Crippen molar-refractivity contribution in [3.63, 3.8) is 0 Å². The number of hydrogen-bond donors (Lipinski definition) is 1. The van der Waals surface area contributed by atoms with E-state index in [1.165, 1.54) is 0 Å². The van der Waals surface area contributed by atoms with E-state index in [2.05, 4.69) is 59.6 Å². The maximum absolute atomic E-state index is 9.55. The Hall–Kier alpha value is -1.32. The Morgan fingerprint density at radius 1 is 1.03 bits per heavy atom. The van der Waals surface area contributed by atoms with E-state index in [9.17, 15) is 5.11 Å². The molecule has 0 radical (unpaired) electrons. The fraction of sp³-hybridized carbons (Fsp3) is 0.667. The van der Waals surface area contributed by atoms with Gasteiger partial charge in [-0.15, -0.1) is 0 Å². The summed E-state index contributed by atoms with van der Waals surface area (Å²) in [5.74, 6) is 7.11. The molecule has 1 aromatic rings. The number of aliphatic hydroxyl groups is 1. The van der Waals surface area contributed by atoms with E-state index in [1.807, 2.05) is 24.3 Å². The van der Waals surface area contributed by atoms with Crippen molar-refractivity contribution in [1.82, 2.24) is 0 Å². The summed E-state index contributed by atoms with van der Waals surface area (Å²) in [6, 6.07) is 7.92. The summed E-state index contributed by atoms with van der Waals surface area (Å²) < 4.78 is 18.0. The molecule has 164 valence electrons. The van der Waals surface area contributed by atoms with Crippen LogP contribution in [-0.2, 0) is 15.8 Å². The van der Waals surface area contributed by atoms with Crippen LogP contribution < -0.4 is 4.74 Å². The summed E-state index contributed by atoms with van der Waals surface area (Å²) in [6.45, 7) is 18.3. The lowest BCUT2D eigenvalue weighted by Gasteiger charge is -2.42. The first-order valence-corrected chi connectivity index (χ1v) is 13.4. The van der Waals surface area contributed by atoms with Crippen LogP contribution in [0.25, 0.3) is 0 Å². The van der Waals surface area contributed by atoms with Gasteiger partial charge in [-0.25, -0.2) is 0 Å². The Morgan fingerprint density at radius 3 is 2.10 bits per heavy atom. The predicted octanol–water partition coefficient (Wildman–Crippen LogP) is 5.26. The molecule has 0 aliphatic carbocycles. The fourth-order valence-electron chi connectivity index (χ4n) is 2.74. The molecule has 0 heterocycles. The first-order chi connectivity index (χ1) is 13.4. The van der Waals surface area contributed by atoms with Gasteiger partial charge in [0.2, 0.25) is 0 Å². The van der Waals surface area contributed by atoms with E-state index >= 15 is 0 Å². The number of methoxy groups -OCH3 is 1. The van der Waals surface area contributed by atoms with Gasteiger partial charge in [-0.3, -0.25) is 0 Å². The molecule has 0 spiro atoms. The van der Waals surface area contributed by atoms with Crippen LogP contribution >= 0.6 is 0 Å². The van der Waals surface area contributed by atoms with Crippen molar-refractivity contribution < 1.29 is 19.0 Å². The van der Waals surface area contributed by atoms with Crippen LogP contribution in [0.4, 0.5) is 0 Å². The lowest BCUT2D eigenvalue weighted by molar-refractivity contribution is 0.0210. The summed E-state index contributed by atoms with van der Waals surface area (Å²) in [6.07, 6.45) is -0.675. The molecular weight excluding hydrogens is 380 g/mol. The summed E-state index contributed by atoms with van der Waals surface area (Å²) in [5.41, 5.74) is 1.11. The van der Waals surface area contributed by atoms with Gasteiger partial charge in [0.15, 0.2) is 8.32 Å². The predicted molar refractivity (Wildman–Crippen MR) is 123 cm³/mol. The van der Waals surface area contributed by atoms with Crippen LogP contribution in [-0.4, -0.2) is 39.3 Å². The monoisotopic (exact) mass is 420 g/mol. The highest BCUT2D eigenvalue weighted by atomic mass is 28.4. The van der Waals surface area contributed by atoms with Gasteiger partial charge in [0.1, 0.15) is 11.9 Å². The molecule has 0 bridgehead atoms. The van der Waals surface area contributed by atoms with Gasteiger partial charge in [0.05, 0.1) is 26.4 Å². The first-order valence-electron chi connectivity index (χ1n) is 10.4. The van der Waals surface area contributed by atoms with Gasteiger partial charge < -0.3 is 19.0 Å². The Bertz CT molecular complexity index is 665. The molecule has 4 nitrogen and oxygen atoms in total. The van der Waals surface area contributed by atoms with Crippen molar-refractivity contribution in [2.45, 2.75) is 78.5 Å². The number of ether oxygens (including phenoxy) is 2. The second-order valence-corrected chi connectivity index (χ2v) is 14.2. The summed E-state index contributed by atoms with van der Waals surface area (Å²) in [4.78, 5) is 0. The maximum Gasteiger partial charge on any atom is 0.192 e. The van der Waals surface area contributed by atoms with E-state index < -0.39 is 14.4 Å². The minimum Gasteiger partial charge on any atom is -0.497 e. The zero-order valence-electron chi connectivity index (χ0n) is 19.7. The molecule has 0 saturated heterocycles.